The van der Waals surface area contributed by atoms with Gasteiger partial charge in [-0.3, -0.25) is 0 Å². The second kappa shape index (κ2) is 3.00. The molecule has 1 aliphatic rings. The van der Waals surface area contributed by atoms with Gasteiger partial charge in [0, 0.05) is 11.9 Å². The molecule has 1 aromatic heterocycles. The van der Waals surface area contributed by atoms with Crippen molar-refractivity contribution in [2.75, 3.05) is 0 Å². The molecule has 2 heterocycles. The fraction of sp³-hybridized carbons (Fsp3) is 0.200. The summed E-state index contributed by atoms with van der Waals surface area (Å²) in [5.74, 6) is 1.58. The van der Waals surface area contributed by atoms with Crippen LogP contribution >= 0.6 is 11.8 Å². The molecule has 0 unspecified atom stereocenters. The van der Waals surface area contributed by atoms with Crippen molar-refractivity contribution in [2.45, 2.75) is 10.6 Å². The minimum Gasteiger partial charge on any atom is -0.246 e. The lowest BCUT2D eigenvalue weighted by Gasteiger charge is -2.15. The van der Waals surface area contributed by atoms with Crippen LogP contribution in [0.25, 0.3) is 5.69 Å². The molecule has 4 nitrogen and oxygen atoms in total. The maximum Gasteiger partial charge on any atom is 0.350 e. The minimum atomic E-state index is -0.0715. The number of hydrogen-bond acceptors (Lipinski definition) is 3. The average Bonchev–Trinajstić information content (AvgIpc) is 2.55. The summed E-state index contributed by atoms with van der Waals surface area (Å²) in [7, 11) is 1.68. The van der Waals surface area contributed by atoms with E-state index in [2.05, 4.69) is 5.10 Å². The SMILES string of the molecule is Cn1nc2n(c1=O)-c1ccccc1SC2. The fourth-order valence-corrected chi connectivity index (χ4v) is 2.71. The first kappa shape index (κ1) is 8.79. The standard InChI is InChI=1S/C10H9N3OS/c1-12-10(14)13-7-4-2-3-5-8(7)15-6-9(13)11-12/h2-5H,6H2,1H3. The van der Waals surface area contributed by atoms with E-state index in [0.717, 1.165) is 22.2 Å². The predicted molar refractivity (Wildman–Crippen MR) is 58.4 cm³/mol. The number of fused-ring (bicyclic) bond motifs is 3. The molecule has 0 aliphatic carbocycles. The van der Waals surface area contributed by atoms with Crippen LogP contribution < -0.4 is 5.69 Å². The van der Waals surface area contributed by atoms with Gasteiger partial charge in [-0.2, -0.15) is 5.10 Å². The van der Waals surface area contributed by atoms with E-state index < -0.39 is 0 Å². The first-order valence-corrected chi connectivity index (χ1v) is 5.63. The number of hydrogen-bond donors (Lipinski definition) is 0. The summed E-state index contributed by atoms with van der Waals surface area (Å²) in [6.07, 6.45) is 0. The summed E-state index contributed by atoms with van der Waals surface area (Å²) in [5.41, 5.74) is 0.875. The van der Waals surface area contributed by atoms with Crippen molar-refractivity contribution in [1.29, 1.82) is 0 Å². The molecule has 1 aliphatic heterocycles. The molecule has 3 rings (SSSR count). The fourth-order valence-electron chi connectivity index (χ4n) is 1.76. The van der Waals surface area contributed by atoms with Gasteiger partial charge in [0.1, 0.15) is 5.82 Å². The van der Waals surface area contributed by atoms with Crippen LogP contribution in [0.2, 0.25) is 0 Å². The Morgan fingerprint density at radius 3 is 3.07 bits per heavy atom. The van der Waals surface area contributed by atoms with Crippen molar-refractivity contribution < 1.29 is 0 Å². The molecule has 2 aromatic rings. The van der Waals surface area contributed by atoms with Crippen LogP contribution in [0.4, 0.5) is 0 Å². The molecule has 0 spiro atoms. The Morgan fingerprint density at radius 1 is 1.40 bits per heavy atom. The molecule has 0 amide bonds. The molecule has 0 fully saturated rings. The third-order valence-electron chi connectivity index (χ3n) is 2.45. The lowest BCUT2D eigenvalue weighted by molar-refractivity contribution is 0.722. The van der Waals surface area contributed by atoms with E-state index in [9.17, 15) is 4.79 Å². The maximum absolute atomic E-state index is 11.8. The van der Waals surface area contributed by atoms with Crippen molar-refractivity contribution >= 4 is 11.8 Å². The molecular weight excluding hydrogens is 210 g/mol. The molecule has 5 heteroatoms. The number of rotatable bonds is 0. The summed E-state index contributed by atoms with van der Waals surface area (Å²) < 4.78 is 3.07. The van der Waals surface area contributed by atoms with Gasteiger partial charge in [0.15, 0.2) is 0 Å². The molecule has 15 heavy (non-hydrogen) atoms. The first-order chi connectivity index (χ1) is 7.27. The van der Waals surface area contributed by atoms with E-state index in [1.165, 1.54) is 4.68 Å². The summed E-state index contributed by atoms with van der Waals surface area (Å²) in [6, 6.07) is 7.91. The number of benzene rings is 1. The van der Waals surface area contributed by atoms with E-state index in [-0.39, 0.29) is 5.69 Å². The van der Waals surface area contributed by atoms with Gasteiger partial charge in [-0.1, -0.05) is 12.1 Å². The molecule has 0 saturated heterocycles. The maximum atomic E-state index is 11.8. The number of thioether (sulfide) groups is 1. The normalized spacial score (nSPS) is 13.4. The van der Waals surface area contributed by atoms with E-state index >= 15 is 0 Å². The summed E-state index contributed by atoms with van der Waals surface area (Å²) >= 11 is 1.72. The monoisotopic (exact) mass is 219 g/mol. The lowest BCUT2D eigenvalue weighted by Crippen LogP contribution is -2.23. The number of aryl methyl sites for hydroxylation is 1. The Labute approximate surface area is 90.5 Å². The minimum absolute atomic E-state index is 0.0715. The van der Waals surface area contributed by atoms with Crippen molar-refractivity contribution in [3.8, 4) is 5.69 Å². The summed E-state index contributed by atoms with van der Waals surface area (Å²) in [4.78, 5) is 13.0. The van der Waals surface area contributed by atoms with Gasteiger partial charge in [0.2, 0.25) is 0 Å². The van der Waals surface area contributed by atoms with Gasteiger partial charge < -0.3 is 0 Å². The van der Waals surface area contributed by atoms with E-state index in [0.29, 0.717) is 0 Å². The largest absolute Gasteiger partial charge is 0.350 e. The van der Waals surface area contributed by atoms with Crippen LogP contribution in [0.3, 0.4) is 0 Å². The van der Waals surface area contributed by atoms with E-state index in [4.69, 9.17) is 0 Å². The van der Waals surface area contributed by atoms with Gasteiger partial charge in [0.25, 0.3) is 0 Å². The highest BCUT2D eigenvalue weighted by atomic mass is 32.2. The molecule has 0 bridgehead atoms. The van der Waals surface area contributed by atoms with Crippen molar-refractivity contribution in [3.05, 3.63) is 40.6 Å². The second-order valence-corrected chi connectivity index (χ2v) is 4.43. The van der Waals surface area contributed by atoms with Crippen LogP contribution in [0.5, 0.6) is 0 Å². The molecular formula is C10H9N3OS. The van der Waals surface area contributed by atoms with Crippen molar-refractivity contribution in [3.63, 3.8) is 0 Å². The van der Waals surface area contributed by atoms with Crippen molar-refractivity contribution in [1.82, 2.24) is 14.3 Å². The average molecular weight is 219 g/mol. The lowest BCUT2D eigenvalue weighted by atomic mass is 10.3. The number of nitrogens with zero attached hydrogens (tertiary/aromatic N) is 3. The van der Waals surface area contributed by atoms with E-state index in [1.807, 2.05) is 24.3 Å². The van der Waals surface area contributed by atoms with Gasteiger partial charge in [-0.25, -0.2) is 14.0 Å². The molecule has 0 atom stereocenters. The zero-order chi connectivity index (χ0) is 10.4. The molecule has 0 N–H and O–H groups in total. The van der Waals surface area contributed by atoms with Gasteiger partial charge in [-0.15, -0.1) is 11.8 Å². The van der Waals surface area contributed by atoms with Gasteiger partial charge in [-0.05, 0) is 12.1 Å². The zero-order valence-electron chi connectivity index (χ0n) is 8.17. The highest BCUT2D eigenvalue weighted by Gasteiger charge is 2.20. The Balaban J connectivity index is 2.38. The highest BCUT2D eigenvalue weighted by molar-refractivity contribution is 7.98. The Kier molecular flexibility index (Phi) is 1.76. The quantitative estimate of drug-likeness (QED) is 0.668. The Bertz CT molecular complexity index is 585. The number of para-hydroxylation sites is 1. The topological polar surface area (TPSA) is 39.8 Å². The predicted octanol–water partition coefficient (Wildman–Crippen LogP) is 1.18. The molecule has 0 saturated carbocycles. The van der Waals surface area contributed by atoms with Crippen LogP contribution in [-0.2, 0) is 12.8 Å². The van der Waals surface area contributed by atoms with Crippen LogP contribution in [-0.4, -0.2) is 14.3 Å². The third kappa shape index (κ3) is 1.16. The summed E-state index contributed by atoms with van der Waals surface area (Å²) in [6.45, 7) is 0. The summed E-state index contributed by atoms with van der Waals surface area (Å²) in [5, 5.41) is 4.20. The molecule has 76 valence electrons. The molecule has 1 aromatic carbocycles. The van der Waals surface area contributed by atoms with Gasteiger partial charge >= 0.3 is 5.69 Å². The first-order valence-electron chi connectivity index (χ1n) is 4.64. The number of aromatic nitrogens is 3. The molecule has 0 radical (unpaired) electrons. The van der Waals surface area contributed by atoms with Crippen LogP contribution in [0.15, 0.2) is 34.0 Å². The van der Waals surface area contributed by atoms with Crippen LogP contribution in [0.1, 0.15) is 5.82 Å². The van der Waals surface area contributed by atoms with Crippen molar-refractivity contribution in [2.24, 2.45) is 7.05 Å². The Hall–Kier alpha value is -1.49. The Morgan fingerprint density at radius 2 is 2.20 bits per heavy atom. The van der Waals surface area contributed by atoms with Crippen LogP contribution in [0, 0.1) is 0 Å². The van der Waals surface area contributed by atoms with Gasteiger partial charge in [0.05, 0.1) is 11.4 Å². The second-order valence-electron chi connectivity index (χ2n) is 3.41. The zero-order valence-corrected chi connectivity index (χ0v) is 8.99. The highest BCUT2D eigenvalue weighted by Crippen LogP contribution is 2.32. The smallest absolute Gasteiger partial charge is 0.246 e. The third-order valence-corrected chi connectivity index (χ3v) is 3.51. The van der Waals surface area contributed by atoms with E-state index in [1.54, 1.807) is 23.4 Å².